The number of fused-ring (bicyclic) bond motifs is 1. The Morgan fingerprint density at radius 2 is 1.91 bits per heavy atom. The number of likely N-dealkylation sites (N-methyl/N-ethyl adjacent to an activating group) is 2. The Morgan fingerprint density at radius 1 is 1.16 bits per heavy atom. The smallest absolute Gasteiger partial charge is 0.127 e. The molecule has 1 unspecified atom stereocenters. The molecule has 2 atom stereocenters. The summed E-state index contributed by atoms with van der Waals surface area (Å²) < 4.78 is 25.7. The molecule has 0 fully saturated rings. The first-order chi connectivity index (χ1) is 15.4. The lowest BCUT2D eigenvalue weighted by molar-refractivity contribution is 0.0487. The normalized spacial score (nSPS) is 17.5. The molecule has 0 radical (unpaired) electrons. The fourth-order valence-electron chi connectivity index (χ4n) is 3.83. The SMILES string of the molecule is CN1Cc2c(Cl)cc(Cl)cc2[C@H](c2cccc(S(=O)N(C)CCOCCOCCN)c2)C1. The van der Waals surface area contributed by atoms with Crippen LogP contribution < -0.4 is 5.73 Å². The highest BCUT2D eigenvalue weighted by atomic mass is 35.5. The van der Waals surface area contributed by atoms with E-state index in [0.29, 0.717) is 49.6 Å². The van der Waals surface area contributed by atoms with Crippen molar-refractivity contribution in [3.05, 3.63) is 63.1 Å². The second-order valence-corrected chi connectivity index (χ2v) is 10.3. The van der Waals surface area contributed by atoms with Crippen LogP contribution in [-0.2, 0) is 27.0 Å². The molecule has 0 saturated carbocycles. The van der Waals surface area contributed by atoms with Gasteiger partial charge in [-0.1, -0.05) is 35.3 Å². The molecule has 1 heterocycles. The predicted octanol–water partition coefficient (Wildman–Crippen LogP) is 3.52. The standard InChI is InChI=1S/C23H31Cl2N3O3S/c1-27-15-21(20-13-18(24)14-23(25)22(20)16-27)17-4-3-5-19(12-17)32(29)28(2)7-9-31-11-10-30-8-6-26/h3-5,12-14,21H,6-11,15-16,26H2,1-2H3/t21-,32?/m0/s1. The maximum Gasteiger partial charge on any atom is 0.127 e. The number of hydrogen-bond acceptors (Lipinski definition) is 5. The van der Waals surface area contributed by atoms with Crippen molar-refractivity contribution in [3.63, 3.8) is 0 Å². The second-order valence-electron chi connectivity index (χ2n) is 7.89. The Kier molecular flexibility index (Phi) is 9.95. The van der Waals surface area contributed by atoms with Crippen LogP contribution in [0.25, 0.3) is 0 Å². The maximum absolute atomic E-state index is 13.1. The molecular formula is C23H31Cl2N3O3S. The summed E-state index contributed by atoms with van der Waals surface area (Å²) in [5, 5.41) is 1.33. The summed E-state index contributed by atoms with van der Waals surface area (Å²) in [4.78, 5) is 3.01. The molecule has 0 aliphatic carbocycles. The molecule has 0 bridgehead atoms. The molecule has 0 aromatic heterocycles. The number of rotatable bonds is 11. The van der Waals surface area contributed by atoms with E-state index in [-0.39, 0.29) is 5.92 Å². The topological polar surface area (TPSA) is 68.0 Å². The highest BCUT2D eigenvalue weighted by Gasteiger charge is 2.27. The summed E-state index contributed by atoms with van der Waals surface area (Å²) in [6.07, 6.45) is 0. The number of halogens is 2. The Balaban J connectivity index is 1.67. The highest BCUT2D eigenvalue weighted by Crippen LogP contribution is 2.38. The fraction of sp³-hybridized carbons (Fsp3) is 0.478. The summed E-state index contributed by atoms with van der Waals surface area (Å²) in [6, 6.07) is 11.8. The number of nitrogens with two attached hydrogens (primary N) is 1. The van der Waals surface area contributed by atoms with Crippen LogP contribution >= 0.6 is 23.2 Å². The van der Waals surface area contributed by atoms with Gasteiger partial charge in [-0.3, -0.25) is 0 Å². The number of benzene rings is 2. The van der Waals surface area contributed by atoms with E-state index in [4.69, 9.17) is 38.4 Å². The van der Waals surface area contributed by atoms with Gasteiger partial charge in [0.2, 0.25) is 0 Å². The van der Waals surface area contributed by atoms with Crippen molar-refractivity contribution < 1.29 is 13.7 Å². The van der Waals surface area contributed by atoms with Crippen LogP contribution in [0.5, 0.6) is 0 Å². The van der Waals surface area contributed by atoms with Crippen molar-refractivity contribution in [2.75, 3.05) is 60.2 Å². The second kappa shape index (κ2) is 12.4. The molecule has 176 valence electrons. The van der Waals surface area contributed by atoms with Crippen molar-refractivity contribution in [1.29, 1.82) is 0 Å². The first kappa shape index (κ1) is 25.6. The lowest BCUT2D eigenvalue weighted by Gasteiger charge is -2.33. The minimum absolute atomic E-state index is 0.110. The molecule has 3 rings (SSSR count). The van der Waals surface area contributed by atoms with Crippen LogP contribution in [0.3, 0.4) is 0 Å². The van der Waals surface area contributed by atoms with Gasteiger partial charge in [-0.25, -0.2) is 8.51 Å². The van der Waals surface area contributed by atoms with E-state index < -0.39 is 11.0 Å². The molecular weight excluding hydrogens is 469 g/mol. The monoisotopic (exact) mass is 499 g/mol. The van der Waals surface area contributed by atoms with E-state index in [1.54, 1.807) is 10.4 Å². The Morgan fingerprint density at radius 3 is 2.66 bits per heavy atom. The molecule has 2 aromatic rings. The lowest BCUT2D eigenvalue weighted by Crippen LogP contribution is -2.31. The molecule has 9 heteroatoms. The van der Waals surface area contributed by atoms with Crippen molar-refractivity contribution in [2.24, 2.45) is 5.73 Å². The lowest BCUT2D eigenvalue weighted by atomic mass is 9.85. The summed E-state index contributed by atoms with van der Waals surface area (Å²) in [7, 11) is 2.63. The minimum atomic E-state index is -1.29. The predicted molar refractivity (Wildman–Crippen MR) is 131 cm³/mol. The van der Waals surface area contributed by atoms with Crippen LogP contribution in [-0.4, -0.2) is 73.6 Å². The van der Waals surface area contributed by atoms with E-state index >= 15 is 0 Å². The van der Waals surface area contributed by atoms with E-state index in [9.17, 15) is 4.21 Å². The van der Waals surface area contributed by atoms with E-state index in [0.717, 1.165) is 34.7 Å². The van der Waals surface area contributed by atoms with Crippen molar-refractivity contribution in [2.45, 2.75) is 17.4 Å². The zero-order valence-corrected chi connectivity index (χ0v) is 20.9. The van der Waals surface area contributed by atoms with Crippen molar-refractivity contribution >= 4 is 34.2 Å². The van der Waals surface area contributed by atoms with E-state index in [2.05, 4.69) is 18.0 Å². The van der Waals surface area contributed by atoms with Gasteiger partial charge in [0.05, 0.1) is 31.3 Å². The van der Waals surface area contributed by atoms with Gasteiger partial charge in [-0.15, -0.1) is 0 Å². The minimum Gasteiger partial charge on any atom is -0.378 e. The summed E-state index contributed by atoms with van der Waals surface area (Å²) >= 11 is 12.8. The van der Waals surface area contributed by atoms with Gasteiger partial charge in [0, 0.05) is 49.2 Å². The average molecular weight is 500 g/mol. The number of ether oxygens (including phenoxy) is 2. The molecule has 1 aliphatic heterocycles. The maximum atomic E-state index is 13.1. The molecule has 32 heavy (non-hydrogen) atoms. The number of hydrogen-bond donors (Lipinski definition) is 1. The fourth-order valence-corrected chi connectivity index (χ4v) is 5.43. The first-order valence-electron chi connectivity index (χ1n) is 10.7. The van der Waals surface area contributed by atoms with Gasteiger partial charge in [0.1, 0.15) is 11.0 Å². The Bertz CT molecular complexity index is 931. The van der Waals surface area contributed by atoms with Crippen molar-refractivity contribution in [1.82, 2.24) is 9.21 Å². The molecule has 2 N–H and O–H groups in total. The van der Waals surface area contributed by atoms with Gasteiger partial charge in [-0.05, 0) is 48.0 Å². The highest BCUT2D eigenvalue weighted by molar-refractivity contribution is 7.82. The quantitative estimate of drug-likeness (QED) is 0.479. The van der Waals surface area contributed by atoms with Gasteiger partial charge in [-0.2, -0.15) is 0 Å². The van der Waals surface area contributed by atoms with Crippen LogP contribution in [0.1, 0.15) is 22.6 Å². The zero-order valence-electron chi connectivity index (χ0n) is 18.6. The summed E-state index contributed by atoms with van der Waals surface area (Å²) in [5.74, 6) is 0.110. The largest absolute Gasteiger partial charge is 0.378 e. The molecule has 6 nitrogen and oxygen atoms in total. The summed E-state index contributed by atoms with van der Waals surface area (Å²) in [6.45, 7) is 4.70. The first-order valence-corrected chi connectivity index (χ1v) is 12.5. The third kappa shape index (κ3) is 6.74. The van der Waals surface area contributed by atoms with Gasteiger partial charge < -0.3 is 20.1 Å². The molecule has 0 amide bonds. The molecule has 1 aliphatic rings. The third-order valence-electron chi connectivity index (χ3n) is 5.42. The number of nitrogens with zero attached hydrogens (tertiary/aromatic N) is 2. The zero-order chi connectivity index (χ0) is 23.1. The van der Waals surface area contributed by atoms with Crippen LogP contribution in [0.4, 0.5) is 0 Å². The molecule has 0 spiro atoms. The van der Waals surface area contributed by atoms with Crippen molar-refractivity contribution in [3.8, 4) is 0 Å². The van der Waals surface area contributed by atoms with Crippen LogP contribution in [0, 0.1) is 0 Å². The Hall–Kier alpha value is -1.03. The van der Waals surface area contributed by atoms with Gasteiger partial charge >= 0.3 is 0 Å². The van der Waals surface area contributed by atoms with E-state index in [1.807, 2.05) is 31.3 Å². The van der Waals surface area contributed by atoms with E-state index in [1.165, 1.54) is 0 Å². The van der Waals surface area contributed by atoms with Crippen LogP contribution in [0.2, 0.25) is 10.0 Å². The molecule has 2 aromatic carbocycles. The van der Waals surface area contributed by atoms with Gasteiger partial charge in [0.15, 0.2) is 0 Å². The van der Waals surface area contributed by atoms with Gasteiger partial charge in [0.25, 0.3) is 0 Å². The molecule has 0 saturated heterocycles. The van der Waals surface area contributed by atoms with Crippen LogP contribution in [0.15, 0.2) is 41.3 Å². The average Bonchev–Trinajstić information content (AvgIpc) is 2.78. The third-order valence-corrected chi connectivity index (χ3v) is 7.38. The summed E-state index contributed by atoms with van der Waals surface area (Å²) in [5.41, 5.74) is 8.72. The Labute approximate surface area is 203 Å².